The number of carboxylic acids is 1. The van der Waals surface area contributed by atoms with Crippen molar-refractivity contribution >= 4 is 50.6 Å². The summed E-state index contributed by atoms with van der Waals surface area (Å²) in [4.78, 5) is 83.8. The van der Waals surface area contributed by atoms with Crippen molar-refractivity contribution in [3.05, 3.63) is 183 Å². The number of carboxylic acid groups (broad SMARTS) is 1. The van der Waals surface area contributed by atoms with E-state index in [1.807, 2.05) is 30.6 Å². The van der Waals surface area contributed by atoms with Crippen LogP contribution in [0.2, 0.25) is 0 Å². The summed E-state index contributed by atoms with van der Waals surface area (Å²) in [7, 11) is 0. The Kier molecular flexibility index (Phi) is 36.0. The zero-order valence-corrected chi connectivity index (χ0v) is 65.2. The first-order valence-electron chi connectivity index (χ1n) is 34.4. The number of rotatable bonds is 26. The van der Waals surface area contributed by atoms with Crippen LogP contribution in [0, 0.1) is 76.8 Å². The number of esters is 1. The van der Waals surface area contributed by atoms with Gasteiger partial charge in [-0.2, -0.15) is 79.7 Å². The molecule has 1 amide bonds. The third-order valence-corrected chi connectivity index (χ3v) is 18.8. The molecule has 2 aliphatic rings. The minimum absolute atomic E-state index is 0. The number of benzene rings is 4. The number of carbonyl (C=O) groups is 4. The average Bonchev–Trinajstić information content (AvgIpc) is 0.779. The van der Waals surface area contributed by atoms with E-state index in [1.54, 1.807) is 86.6 Å². The predicted molar refractivity (Wildman–Crippen MR) is 390 cm³/mol. The number of nitrogens with zero attached hydrogens (tertiary/aromatic N) is 4. The van der Waals surface area contributed by atoms with Crippen LogP contribution in [0.1, 0.15) is 183 Å². The molecule has 4 heterocycles. The Balaban J connectivity index is 0.000000708. The van der Waals surface area contributed by atoms with E-state index < -0.39 is 148 Å². The topological polar surface area (TPSA) is 220 Å². The summed E-state index contributed by atoms with van der Waals surface area (Å²) >= 11 is 0. The van der Waals surface area contributed by atoms with Crippen LogP contribution in [-0.2, 0) is 61.5 Å². The van der Waals surface area contributed by atoms with Crippen molar-refractivity contribution in [2.24, 2.45) is 23.7 Å². The monoisotopic (exact) mass is 1590 g/mol. The smallest absolute Gasteiger partial charge is 0.870 e. The number of likely N-dealkylation sites (tertiary alicyclic amines) is 2. The van der Waals surface area contributed by atoms with Gasteiger partial charge in [-0.25, -0.2) is 8.78 Å². The zero-order valence-electron chi connectivity index (χ0n) is 63.2. The molecule has 0 spiro atoms. The van der Waals surface area contributed by atoms with Gasteiger partial charge >= 0.3 is 55.5 Å². The van der Waals surface area contributed by atoms with Gasteiger partial charge in [0, 0.05) is 81.7 Å². The van der Waals surface area contributed by atoms with Crippen LogP contribution in [0.5, 0.6) is 0 Å². The number of carbonyl (C=O) groups excluding carboxylic acids is 3. The van der Waals surface area contributed by atoms with Gasteiger partial charge in [-0.05, 0) is 183 Å². The molecule has 2 unspecified atom stereocenters. The van der Waals surface area contributed by atoms with Crippen molar-refractivity contribution in [2.45, 2.75) is 184 Å². The maximum Gasteiger partial charge on any atom is 1.00 e. The molecule has 2 aliphatic heterocycles. The number of nitrogens with one attached hydrogen (secondary N) is 1. The van der Waals surface area contributed by atoms with Crippen LogP contribution in [0.4, 0.5) is 61.5 Å². The molecule has 32 heteroatoms. The maximum atomic E-state index is 16.1. The Morgan fingerprint density at radius 2 is 0.890 bits per heavy atom. The second-order valence-electron chi connectivity index (χ2n) is 28.9. The van der Waals surface area contributed by atoms with E-state index in [-0.39, 0.29) is 130 Å². The molecule has 8 rings (SSSR count). The van der Waals surface area contributed by atoms with Crippen molar-refractivity contribution in [1.29, 1.82) is 0 Å². The molecule has 6 aromatic rings. The van der Waals surface area contributed by atoms with E-state index in [0.717, 1.165) is 38.7 Å². The van der Waals surface area contributed by atoms with Crippen LogP contribution in [0.25, 0.3) is 22.3 Å². The summed E-state index contributed by atoms with van der Waals surface area (Å²) in [5.41, 5.74) is -4.57. The summed E-state index contributed by atoms with van der Waals surface area (Å²) in [5.74, 6) is -8.99. The number of alkyl halides is 12. The Bertz CT molecular complexity index is 4240. The van der Waals surface area contributed by atoms with E-state index in [4.69, 9.17) is 4.74 Å². The Morgan fingerprint density at radius 3 is 1.24 bits per heavy atom. The van der Waals surface area contributed by atoms with E-state index >= 15 is 8.78 Å². The molecule has 15 nitrogen and oxygen atoms in total. The molecular weight excluding hydrogens is 1490 g/mol. The first-order valence-corrected chi connectivity index (χ1v) is 34.4. The van der Waals surface area contributed by atoms with Crippen molar-refractivity contribution in [2.75, 3.05) is 45.9 Å². The molecule has 0 radical (unpaired) electrons. The van der Waals surface area contributed by atoms with Gasteiger partial charge in [0.1, 0.15) is 17.7 Å². The molecular formula is C77H95F14LiN5O10S2-. The SMILES string of the molecule is CCOC(=O)C[C@H](CC(=O)C(CC(C)C)n1cc(CCN2CC(C)C2)c(C(F)(F)F)cc1=O)c1cc(-c2c(C)cc(C)cc2C)cc(C(F)(F)F)c1F.Cc1cc(C)c(-c2cc([C@H](CC(=O)O)NC(=O)C(CC(C)C)n3cc(CCN4CC(C)C4)c(C(F)(F)F)cc3=O)c(F)c(C(F)(F)F)c2)c(C)c1.S.S.[Li+].[OH-].[OH-]. The van der Waals surface area contributed by atoms with Crippen LogP contribution in [-0.4, -0.2) is 104 Å². The molecule has 4 N–H and O–H groups in total. The molecule has 0 bridgehead atoms. The fourth-order valence-electron chi connectivity index (χ4n) is 14.4. The molecule has 600 valence electrons. The summed E-state index contributed by atoms with van der Waals surface area (Å²) in [6.45, 7) is 26.1. The molecule has 109 heavy (non-hydrogen) atoms. The van der Waals surface area contributed by atoms with Crippen molar-refractivity contribution in [1.82, 2.24) is 24.3 Å². The van der Waals surface area contributed by atoms with Gasteiger partial charge in [-0.15, -0.1) is 0 Å². The maximum absolute atomic E-state index is 16.1. The minimum atomic E-state index is -5.20. The summed E-state index contributed by atoms with van der Waals surface area (Å²) < 4.78 is 210. The second kappa shape index (κ2) is 40.0. The van der Waals surface area contributed by atoms with E-state index in [0.29, 0.717) is 102 Å². The first kappa shape index (κ1) is 98.1. The number of aryl methyl sites for hydroxylation is 6. The van der Waals surface area contributed by atoms with Crippen LogP contribution in [0.15, 0.2) is 82.6 Å². The third-order valence-electron chi connectivity index (χ3n) is 18.8. The van der Waals surface area contributed by atoms with Gasteiger partial charge in [-0.1, -0.05) is 76.9 Å². The number of halogens is 14. The molecule has 2 fully saturated rings. The van der Waals surface area contributed by atoms with Crippen molar-refractivity contribution in [3.63, 3.8) is 0 Å². The number of hydrogen-bond donors (Lipinski definition) is 2. The van der Waals surface area contributed by atoms with E-state index in [9.17, 15) is 86.6 Å². The van der Waals surface area contributed by atoms with Crippen LogP contribution in [0.3, 0.4) is 0 Å². The van der Waals surface area contributed by atoms with Crippen LogP contribution < -0.4 is 35.3 Å². The Hall–Kier alpha value is -6.98. The van der Waals surface area contributed by atoms with E-state index in [1.165, 1.54) is 13.0 Å². The minimum Gasteiger partial charge on any atom is -0.870 e. The number of aromatic nitrogens is 2. The molecule has 4 atom stereocenters. The number of ketones is 1. The fraction of sp³-hybridized carbons (Fsp3) is 0.506. The average molecular weight is 1590 g/mol. The van der Waals surface area contributed by atoms with E-state index in [2.05, 4.69) is 5.32 Å². The molecule has 4 aromatic carbocycles. The Morgan fingerprint density at radius 1 is 0.532 bits per heavy atom. The standard InChI is InChI=1S/C40H47F7N2O4.C37H42F7N3O4.Li.2H2O.2H2S/c1-8-53-36(52)17-28(30-14-29(15-32(38(30)41)40(45,46)47)37-25(6)12-23(4)13-26(37)7)16-34(50)33(11-22(2)3)49-21-27(9-10-48-19-24(5)20-48)31(18-35(49)51)39(42,43)44;1-19(2)9-30(47-18-24(7-8-46-16-21(4)17-46)27(14-31(47)48)36(39,40)41)35(51)45-29(15-32(49)50)26-12-25(13-28(34(26)38)37(42,43)44)33-22(5)10-20(3)11-23(33)6;;;;;/h12-15,18,21-22,24,28,33H,8-11,16-17,19-20H2,1-7H3;10-14,18-19,21,29-30H,7-9,15-17H2,1-6H3,(H,45,51)(H,49,50);;4*1H2/q;;+1;;;;/p-2/t28-,33?;29-,30?;;;;;/m00...../s1. The first-order chi connectivity index (χ1) is 48.2. The number of ether oxygens (including phenoxy) is 1. The number of hydrogen-bond acceptors (Lipinski definition) is 11. The quantitative estimate of drug-likeness (QED) is 0.0294. The third kappa shape index (κ3) is 25.3. The largest absolute Gasteiger partial charge is 1.00 e. The van der Waals surface area contributed by atoms with Gasteiger partial charge in [0.15, 0.2) is 5.78 Å². The number of pyridine rings is 2. The normalized spacial score (nSPS) is 14.7. The molecule has 2 saturated heterocycles. The second-order valence-corrected chi connectivity index (χ2v) is 28.9. The summed E-state index contributed by atoms with van der Waals surface area (Å²) in [5, 5.41) is 12.1. The fourth-order valence-corrected chi connectivity index (χ4v) is 14.4. The van der Waals surface area contributed by atoms with Gasteiger partial charge in [0.05, 0.1) is 53.8 Å². The van der Waals surface area contributed by atoms with Gasteiger partial charge < -0.3 is 45.0 Å². The number of aliphatic carboxylic acids is 1. The number of amides is 1. The van der Waals surface area contributed by atoms with Crippen LogP contribution >= 0.6 is 27.0 Å². The predicted octanol–water partition coefficient (Wildman–Crippen LogP) is 14.3. The molecule has 0 aliphatic carbocycles. The molecule has 2 aromatic heterocycles. The summed E-state index contributed by atoms with van der Waals surface area (Å²) in [6, 6.07) is 6.79. The summed E-state index contributed by atoms with van der Waals surface area (Å²) in [6.07, 6.45) is -20.7. The Labute approximate surface area is 650 Å². The zero-order chi connectivity index (χ0) is 77.7. The van der Waals surface area contributed by atoms with Gasteiger partial charge in [0.2, 0.25) is 5.91 Å². The van der Waals surface area contributed by atoms with Crippen molar-refractivity contribution in [3.8, 4) is 22.3 Å². The van der Waals surface area contributed by atoms with Gasteiger partial charge in [-0.3, -0.25) is 28.8 Å². The van der Waals surface area contributed by atoms with Crippen molar-refractivity contribution < 1.29 is 120 Å². The van der Waals surface area contributed by atoms with Gasteiger partial charge in [0.25, 0.3) is 11.1 Å². The molecule has 0 saturated carbocycles. The number of Topliss-reactive ketones (excluding diaryl/α,β-unsaturated/α-hetero) is 1.